The Labute approximate surface area is 112 Å². The van der Waals surface area contributed by atoms with Crippen LogP contribution in [0.2, 0.25) is 0 Å². The number of rotatable bonds is 5. The number of unbranched alkanes of at least 4 members (excludes halogenated alkanes) is 2. The predicted octanol–water partition coefficient (Wildman–Crippen LogP) is -3.15. The first kappa shape index (κ1) is 18.7. The molecule has 0 amide bonds. The van der Waals surface area contributed by atoms with Crippen molar-refractivity contribution in [2.24, 2.45) is 11.5 Å². The van der Waals surface area contributed by atoms with E-state index in [2.05, 4.69) is 4.74 Å². The third-order valence-corrected chi connectivity index (χ3v) is 2.78. The highest BCUT2D eigenvalue weighted by Gasteiger charge is 2.42. The minimum absolute atomic E-state index is 0.526. The summed E-state index contributed by atoms with van der Waals surface area (Å²) < 4.78 is 4.58. The zero-order valence-corrected chi connectivity index (χ0v) is 10.9. The molecule has 1 heterocycles. The largest absolute Gasteiger partial charge is 0.394 e. The van der Waals surface area contributed by atoms with E-state index < -0.39 is 37.3 Å². The maximum atomic E-state index is 9.12. The SMILES string of the molecule is NCCCCCN.OC[C@H]1OC(O)[C@@H](O)[C@@H](O)[C@@H]1O. The van der Waals surface area contributed by atoms with Gasteiger partial charge >= 0.3 is 0 Å². The molecule has 0 aromatic rings. The lowest BCUT2D eigenvalue weighted by Crippen LogP contribution is -2.58. The highest BCUT2D eigenvalue weighted by Crippen LogP contribution is 2.18. The van der Waals surface area contributed by atoms with E-state index in [4.69, 9.17) is 37.0 Å². The van der Waals surface area contributed by atoms with Crippen molar-refractivity contribution in [2.45, 2.75) is 50.0 Å². The third-order valence-electron chi connectivity index (χ3n) is 2.78. The number of aliphatic hydroxyl groups excluding tert-OH is 5. The fraction of sp³-hybridized carbons (Fsp3) is 1.00. The van der Waals surface area contributed by atoms with E-state index in [1.54, 1.807) is 0 Å². The Kier molecular flexibility index (Phi) is 10.3. The van der Waals surface area contributed by atoms with E-state index in [0.29, 0.717) is 0 Å². The standard InChI is InChI=1S/C6H12O6.C5H14N2/c7-1-2-3(8)4(9)5(10)6(11)12-2;6-4-2-1-3-5-7/h2-11H,1H2;1-7H2/t2-,3-,4+,5+,6?;/m1./s1. The highest BCUT2D eigenvalue weighted by atomic mass is 16.6. The number of aliphatic hydroxyl groups is 5. The van der Waals surface area contributed by atoms with E-state index in [0.717, 1.165) is 25.9 Å². The summed E-state index contributed by atoms with van der Waals surface area (Å²) in [7, 11) is 0. The van der Waals surface area contributed by atoms with Crippen LogP contribution in [0.4, 0.5) is 0 Å². The molecule has 1 saturated heterocycles. The Morgan fingerprint density at radius 1 is 0.789 bits per heavy atom. The van der Waals surface area contributed by atoms with E-state index in [1.165, 1.54) is 6.42 Å². The van der Waals surface area contributed by atoms with Crippen LogP contribution in [0.1, 0.15) is 19.3 Å². The van der Waals surface area contributed by atoms with Gasteiger partial charge in [0.1, 0.15) is 24.4 Å². The molecule has 9 N–H and O–H groups in total. The fourth-order valence-electron chi connectivity index (χ4n) is 1.55. The van der Waals surface area contributed by atoms with E-state index in [-0.39, 0.29) is 0 Å². The first-order valence-corrected chi connectivity index (χ1v) is 6.38. The quantitative estimate of drug-likeness (QED) is 0.260. The summed E-state index contributed by atoms with van der Waals surface area (Å²) in [6, 6.07) is 0. The van der Waals surface area contributed by atoms with Crippen LogP contribution >= 0.6 is 0 Å². The van der Waals surface area contributed by atoms with Crippen molar-refractivity contribution in [3.05, 3.63) is 0 Å². The fourth-order valence-corrected chi connectivity index (χ4v) is 1.55. The van der Waals surface area contributed by atoms with Gasteiger partial charge in [0.05, 0.1) is 6.61 Å². The van der Waals surface area contributed by atoms with Gasteiger partial charge < -0.3 is 41.7 Å². The summed E-state index contributed by atoms with van der Waals surface area (Å²) in [5.74, 6) is 0. The van der Waals surface area contributed by atoms with Crippen LogP contribution in [0.5, 0.6) is 0 Å². The number of nitrogens with two attached hydrogens (primary N) is 2. The van der Waals surface area contributed by atoms with Crippen LogP contribution in [0, 0.1) is 0 Å². The molecular formula is C11H26N2O6. The van der Waals surface area contributed by atoms with Crippen LogP contribution in [-0.2, 0) is 4.74 Å². The lowest BCUT2D eigenvalue weighted by atomic mass is 10.00. The molecule has 0 aromatic heterocycles. The smallest absolute Gasteiger partial charge is 0.184 e. The molecule has 8 heteroatoms. The summed E-state index contributed by atoms with van der Waals surface area (Å²) in [5.41, 5.74) is 10.5. The second kappa shape index (κ2) is 10.5. The summed E-state index contributed by atoms with van der Waals surface area (Å²) in [4.78, 5) is 0. The van der Waals surface area contributed by atoms with Gasteiger partial charge in [0.2, 0.25) is 0 Å². The first-order valence-electron chi connectivity index (χ1n) is 6.38. The minimum atomic E-state index is -1.57. The summed E-state index contributed by atoms with van der Waals surface area (Å²) >= 11 is 0. The van der Waals surface area contributed by atoms with E-state index in [9.17, 15) is 0 Å². The molecule has 0 spiro atoms. The van der Waals surface area contributed by atoms with Gasteiger partial charge in [0, 0.05) is 0 Å². The molecular weight excluding hydrogens is 256 g/mol. The van der Waals surface area contributed by atoms with Crippen molar-refractivity contribution < 1.29 is 30.3 Å². The predicted molar refractivity (Wildman–Crippen MR) is 67.9 cm³/mol. The van der Waals surface area contributed by atoms with E-state index >= 15 is 0 Å². The Balaban J connectivity index is 0.000000399. The molecule has 1 fully saturated rings. The Morgan fingerprint density at radius 3 is 1.74 bits per heavy atom. The van der Waals surface area contributed by atoms with Gasteiger partial charge in [-0.05, 0) is 25.9 Å². The van der Waals surface area contributed by atoms with Crippen LogP contribution < -0.4 is 11.5 Å². The third kappa shape index (κ3) is 6.59. The Hall–Kier alpha value is -0.320. The molecule has 5 atom stereocenters. The number of ether oxygens (including phenoxy) is 1. The normalized spacial score (nSPS) is 34.6. The molecule has 1 unspecified atom stereocenters. The molecule has 1 aliphatic rings. The molecule has 0 aliphatic carbocycles. The van der Waals surface area contributed by atoms with Gasteiger partial charge in [-0.3, -0.25) is 0 Å². The van der Waals surface area contributed by atoms with Crippen molar-refractivity contribution in [3.63, 3.8) is 0 Å². The van der Waals surface area contributed by atoms with Crippen LogP contribution in [0.25, 0.3) is 0 Å². The number of hydrogen-bond donors (Lipinski definition) is 7. The van der Waals surface area contributed by atoms with Gasteiger partial charge in [0.25, 0.3) is 0 Å². The lowest BCUT2D eigenvalue weighted by molar-refractivity contribution is -0.286. The molecule has 1 rings (SSSR count). The second-order valence-corrected chi connectivity index (χ2v) is 4.36. The van der Waals surface area contributed by atoms with Crippen LogP contribution in [0.3, 0.4) is 0 Å². The molecule has 8 nitrogen and oxygen atoms in total. The van der Waals surface area contributed by atoms with Crippen molar-refractivity contribution in [3.8, 4) is 0 Å². The average molecular weight is 282 g/mol. The Morgan fingerprint density at radius 2 is 1.32 bits per heavy atom. The van der Waals surface area contributed by atoms with Gasteiger partial charge in [0.15, 0.2) is 6.29 Å². The second-order valence-electron chi connectivity index (χ2n) is 4.36. The van der Waals surface area contributed by atoms with Crippen molar-refractivity contribution in [2.75, 3.05) is 19.7 Å². The zero-order valence-electron chi connectivity index (χ0n) is 10.9. The molecule has 0 aromatic carbocycles. The van der Waals surface area contributed by atoms with Crippen molar-refractivity contribution in [1.29, 1.82) is 0 Å². The van der Waals surface area contributed by atoms with Gasteiger partial charge in [-0.1, -0.05) is 6.42 Å². The zero-order chi connectivity index (χ0) is 14.8. The van der Waals surface area contributed by atoms with Crippen LogP contribution in [0.15, 0.2) is 0 Å². The summed E-state index contributed by atoms with van der Waals surface area (Å²) in [6.45, 7) is 1.09. The van der Waals surface area contributed by atoms with Gasteiger partial charge in [-0.2, -0.15) is 0 Å². The maximum absolute atomic E-state index is 9.12. The topological polar surface area (TPSA) is 162 Å². The molecule has 116 valence electrons. The summed E-state index contributed by atoms with van der Waals surface area (Å²) in [5, 5.41) is 44.7. The highest BCUT2D eigenvalue weighted by molar-refractivity contribution is 4.87. The van der Waals surface area contributed by atoms with E-state index in [1.807, 2.05) is 0 Å². The number of hydrogen-bond acceptors (Lipinski definition) is 8. The van der Waals surface area contributed by atoms with Crippen molar-refractivity contribution in [1.82, 2.24) is 0 Å². The van der Waals surface area contributed by atoms with Crippen LogP contribution in [-0.4, -0.2) is 75.9 Å². The molecule has 1 aliphatic heterocycles. The average Bonchev–Trinajstić information content (AvgIpc) is 2.42. The molecule has 0 saturated carbocycles. The first-order chi connectivity index (χ1) is 8.99. The maximum Gasteiger partial charge on any atom is 0.184 e. The monoisotopic (exact) mass is 282 g/mol. The molecule has 19 heavy (non-hydrogen) atoms. The van der Waals surface area contributed by atoms with Crippen molar-refractivity contribution >= 4 is 0 Å². The lowest BCUT2D eigenvalue weighted by Gasteiger charge is -2.37. The molecule has 0 radical (unpaired) electrons. The minimum Gasteiger partial charge on any atom is -0.394 e. The Bertz CT molecular complexity index is 213. The molecule has 0 bridgehead atoms. The van der Waals surface area contributed by atoms with Gasteiger partial charge in [-0.15, -0.1) is 0 Å². The van der Waals surface area contributed by atoms with Gasteiger partial charge in [-0.25, -0.2) is 0 Å². The summed E-state index contributed by atoms with van der Waals surface area (Å²) in [6.07, 6.45) is -3.61.